The molecule has 1 saturated heterocycles. The van der Waals surface area contributed by atoms with Gasteiger partial charge in [-0.15, -0.1) is 0 Å². The molecule has 2 aliphatic carbocycles. The molecule has 0 aromatic heterocycles. The van der Waals surface area contributed by atoms with E-state index in [9.17, 15) is 13.2 Å². The number of allylic oxidation sites excluding steroid dienone is 2. The number of rotatable bonds is 4. The molecule has 34 heavy (non-hydrogen) atoms. The van der Waals surface area contributed by atoms with Crippen LogP contribution in [0.3, 0.4) is 0 Å². The van der Waals surface area contributed by atoms with Crippen LogP contribution >= 0.6 is 0 Å². The summed E-state index contributed by atoms with van der Waals surface area (Å²) in [7, 11) is 0. The minimum Gasteiger partial charge on any atom is -0.373 e. The monoisotopic (exact) mass is 468 g/mol. The average Bonchev–Trinajstić information content (AvgIpc) is 2.88. The summed E-state index contributed by atoms with van der Waals surface area (Å²) in [5, 5.41) is 0. The first-order chi connectivity index (χ1) is 16.5. The second-order valence-corrected chi connectivity index (χ2v) is 10.8. The van der Waals surface area contributed by atoms with Gasteiger partial charge in [0.15, 0.2) is 17.5 Å². The van der Waals surface area contributed by atoms with E-state index in [1.54, 1.807) is 0 Å². The van der Waals surface area contributed by atoms with Crippen molar-refractivity contribution in [1.82, 2.24) is 0 Å². The Labute approximate surface area is 201 Å². The quantitative estimate of drug-likeness (QED) is 0.408. The molecule has 1 nitrogen and oxygen atoms in total. The first-order valence-electron chi connectivity index (χ1n) is 13.0. The predicted molar refractivity (Wildman–Crippen MR) is 130 cm³/mol. The second kappa shape index (κ2) is 10.3. The van der Waals surface area contributed by atoms with Crippen molar-refractivity contribution in [3.63, 3.8) is 0 Å². The molecule has 3 aliphatic rings. The topological polar surface area (TPSA) is 9.23 Å². The maximum absolute atomic E-state index is 13.6. The molecule has 0 radical (unpaired) electrons. The lowest BCUT2D eigenvalue weighted by molar-refractivity contribution is -0.0400. The Hall–Kier alpha value is -2.07. The molecule has 0 spiro atoms. The molecule has 0 bridgehead atoms. The van der Waals surface area contributed by atoms with Crippen molar-refractivity contribution in [1.29, 1.82) is 0 Å². The number of hydrogen-bond acceptors (Lipinski definition) is 1. The van der Waals surface area contributed by atoms with Crippen molar-refractivity contribution in [2.24, 2.45) is 17.8 Å². The molecule has 1 aliphatic heterocycles. The lowest BCUT2D eigenvalue weighted by Gasteiger charge is -2.37. The summed E-state index contributed by atoms with van der Waals surface area (Å²) in [6, 6.07) is 11.0. The SMILES string of the molecule is CC1CCC(C2CCC(c3ccc(C4=CCC(c5cc(F)c(F)c(F)c5)CC4)cc3)OC2)CC1. The molecule has 3 atom stereocenters. The lowest BCUT2D eigenvalue weighted by atomic mass is 9.74. The molecule has 0 N–H and O–H groups in total. The van der Waals surface area contributed by atoms with Crippen LogP contribution in [0.15, 0.2) is 42.5 Å². The number of halogens is 3. The summed E-state index contributed by atoms with van der Waals surface area (Å²) < 4.78 is 46.8. The maximum atomic E-state index is 13.6. The smallest absolute Gasteiger partial charge is 0.194 e. The Morgan fingerprint density at radius 2 is 1.44 bits per heavy atom. The molecule has 3 unspecified atom stereocenters. The fraction of sp³-hybridized carbons (Fsp3) is 0.533. The highest BCUT2D eigenvalue weighted by Gasteiger charge is 2.31. The molecule has 1 heterocycles. The normalized spacial score (nSPS) is 30.1. The van der Waals surface area contributed by atoms with E-state index in [0.717, 1.165) is 55.8 Å². The standard InChI is InChI=1S/C30H35F3O/c1-19-2-4-22(5-3-19)25-14-15-29(34-18-25)24-12-10-21(11-13-24)20-6-8-23(9-7-20)26-16-27(31)30(33)28(32)17-26/h6,10-13,16-17,19,22-23,25,29H,2-5,7-9,14-15,18H2,1H3. The minimum atomic E-state index is -1.39. The van der Waals surface area contributed by atoms with Gasteiger partial charge in [-0.3, -0.25) is 0 Å². The van der Waals surface area contributed by atoms with Crippen molar-refractivity contribution in [3.8, 4) is 0 Å². The molecule has 2 aromatic carbocycles. The summed E-state index contributed by atoms with van der Waals surface area (Å²) in [5.41, 5.74) is 4.26. The van der Waals surface area contributed by atoms with Gasteiger partial charge in [0.2, 0.25) is 0 Å². The van der Waals surface area contributed by atoms with Crippen LogP contribution in [0.1, 0.15) is 93.4 Å². The van der Waals surface area contributed by atoms with Gasteiger partial charge in [0, 0.05) is 0 Å². The van der Waals surface area contributed by atoms with Gasteiger partial charge in [0.1, 0.15) is 0 Å². The summed E-state index contributed by atoms with van der Waals surface area (Å²) in [5.74, 6) is -1.11. The Bertz CT molecular complexity index is 989. The molecule has 4 heteroatoms. The van der Waals surface area contributed by atoms with Crippen molar-refractivity contribution >= 4 is 5.57 Å². The Balaban J connectivity index is 1.17. The second-order valence-electron chi connectivity index (χ2n) is 10.8. The van der Waals surface area contributed by atoms with Crippen molar-refractivity contribution in [3.05, 3.63) is 76.6 Å². The highest BCUT2D eigenvalue weighted by atomic mass is 19.2. The van der Waals surface area contributed by atoms with Gasteiger partial charge in [-0.1, -0.05) is 50.1 Å². The zero-order chi connectivity index (χ0) is 23.7. The van der Waals surface area contributed by atoms with Gasteiger partial charge in [-0.2, -0.15) is 0 Å². The largest absolute Gasteiger partial charge is 0.373 e. The van der Waals surface area contributed by atoms with E-state index < -0.39 is 17.5 Å². The highest BCUT2D eigenvalue weighted by molar-refractivity contribution is 5.66. The van der Waals surface area contributed by atoms with E-state index in [1.165, 1.54) is 48.8 Å². The van der Waals surface area contributed by atoms with Crippen LogP contribution in [0.25, 0.3) is 5.57 Å². The first-order valence-corrected chi connectivity index (χ1v) is 13.0. The molecular weight excluding hydrogens is 433 g/mol. The molecule has 2 aromatic rings. The summed E-state index contributed by atoms with van der Waals surface area (Å²) in [6.45, 7) is 3.27. The fourth-order valence-corrected chi connectivity index (χ4v) is 6.29. The van der Waals surface area contributed by atoms with E-state index >= 15 is 0 Å². The first kappa shape index (κ1) is 23.7. The van der Waals surface area contributed by atoms with Crippen molar-refractivity contribution in [2.45, 2.75) is 76.7 Å². The molecule has 0 amide bonds. The van der Waals surface area contributed by atoms with Gasteiger partial charge in [-0.05, 0) is 103 Å². The van der Waals surface area contributed by atoms with Gasteiger partial charge < -0.3 is 4.74 Å². The van der Waals surface area contributed by atoms with Crippen LogP contribution in [-0.2, 0) is 4.74 Å². The number of hydrogen-bond donors (Lipinski definition) is 0. The Morgan fingerprint density at radius 1 is 0.765 bits per heavy atom. The van der Waals surface area contributed by atoms with E-state index in [-0.39, 0.29) is 12.0 Å². The summed E-state index contributed by atoms with van der Waals surface area (Å²) in [6.07, 6.45) is 12.6. The average molecular weight is 469 g/mol. The number of benzene rings is 2. The zero-order valence-corrected chi connectivity index (χ0v) is 20.0. The third-order valence-corrected chi connectivity index (χ3v) is 8.58. The third-order valence-electron chi connectivity index (χ3n) is 8.58. The van der Waals surface area contributed by atoms with Gasteiger partial charge >= 0.3 is 0 Å². The van der Waals surface area contributed by atoms with E-state index in [0.29, 0.717) is 12.0 Å². The zero-order valence-electron chi connectivity index (χ0n) is 20.0. The molecular formula is C30H35F3O. The number of ether oxygens (including phenoxy) is 1. The van der Waals surface area contributed by atoms with Gasteiger partial charge in [0.25, 0.3) is 0 Å². The van der Waals surface area contributed by atoms with E-state index in [2.05, 4.69) is 37.3 Å². The maximum Gasteiger partial charge on any atom is 0.194 e. The van der Waals surface area contributed by atoms with Crippen LogP contribution in [0.5, 0.6) is 0 Å². The van der Waals surface area contributed by atoms with Crippen LogP contribution in [0, 0.1) is 35.2 Å². The van der Waals surface area contributed by atoms with Gasteiger partial charge in [-0.25, -0.2) is 13.2 Å². The van der Waals surface area contributed by atoms with Gasteiger partial charge in [0.05, 0.1) is 12.7 Å². The fourth-order valence-electron chi connectivity index (χ4n) is 6.29. The highest BCUT2D eigenvalue weighted by Crippen LogP contribution is 2.41. The third kappa shape index (κ3) is 5.12. The summed E-state index contributed by atoms with van der Waals surface area (Å²) in [4.78, 5) is 0. The van der Waals surface area contributed by atoms with Crippen LogP contribution < -0.4 is 0 Å². The molecule has 182 valence electrons. The molecule has 2 fully saturated rings. The Morgan fingerprint density at radius 3 is 2.03 bits per heavy atom. The molecule has 5 rings (SSSR count). The predicted octanol–water partition coefficient (Wildman–Crippen LogP) is 8.75. The van der Waals surface area contributed by atoms with E-state index in [4.69, 9.17) is 4.74 Å². The summed E-state index contributed by atoms with van der Waals surface area (Å²) >= 11 is 0. The van der Waals surface area contributed by atoms with Crippen molar-refractivity contribution in [2.75, 3.05) is 6.61 Å². The van der Waals surface area contributed by atoms with Crippen molar-refractivity contribution < 1.29 is 17.9 Å². The van der Waals surface area contributed by atoms with Crippen LogP contribution in [0.4, 0.5) is 13.2 Å². The lowest BCUT2D eigenvalue weighted by Crippen LogP contribution is -2.29. The van der Waals surface area contributed by atoms with Crippen LogP contribution in [-0.4, -0.2) is 6.61 Å². The Kier molecular flexibility index (Phi) is 7.15. The van der Waals surface area contributed by atoms with Crippen LogP contribution in [0.2, 0.25) is 0 Å². The van der Waals surface area contributed by atoms with E-state index in [1.807, 2.05) is 0 Å². The molecule has 1 saturated carbocycles. The minimum absolute atomic E-state index is 0.0172.